The molecule has 0 aliphatic carbocycles. The van der Waals surface area contributed by atoms with E-state index >= 15 is 0 Å². The van der Waals surface area contributed by atoms with E-state index in [-0.39, 0.29) is 0 Å². The average Bonchev–Trinajstić information content (AvgIpc) is 2.78. The van der Waals surface area contributed by atoms with Crippen molar-refractivity contribution in [1.82, 2.24) is 19.4 Å². The van der Waals surface area contributed by atoms with Gasteiger partial charge in [-0.1, -0.05) is 0 Å². The molecule has 2 rings (SSSR count). The first-order valence-electron chi connectivity index (χ1n) is 6.78. The maximum Gasteiger partial charge on any atom is 0.0950 e. The highest BCUT2D eigenvalue weighted by Crippen LogP contribution is 2.15. The number of rotatable bonds is 5. The Morgan fingerprint density at radius 3 is 2.72 bits per heavy atom. The molecule has 0 bridgehead atoms. The van der Waals surface area contributed by atoms with Gasteiger partial charge in [0.05, 0.1) is 12.0 Å². The quantitative estimate of drug-likeness (QED) is 0.821. The van der Waals surface area contributed by atoms with Crippen LogP contribution < -0.4 is 5.73 Å². The van der Waals surface area contributed by atoms with Crippen molar-refractivity contribution in [3.05, 3.63) is 18.2 Å². The Hall–Kier alpha value is -0.910. The van der Waals surface area contributed by atoms with Gasteiger partial charge >= 0.3 is 0 Å². The van der Waals surface area contributed by atoms with Crippen molar-refractivity contribution in [3.8, 4) is 0 Å². The molecule has 0 radical (unpaired) electrons. The van der Waals surface area contributed by atoms with E-state index in [2.05, 4.69) is 39.6 Å². The molecule has 0 amide bonds. The van der Waals surface area contributed by atoms with Gasteiger partial charge in [0.15, 0.2) is 0 Å². The van der Waals surface area contributed by atoms with Crippen molar-refractivity contribution in [2.24, 2.45) is 5.73 Å². The highest BCUT2D eigenvalue weighted by Gasteiger charge is 2.20. The third-order valence-corrected chi connectivity index (χ3v) is 3.75. The Balaban J connectivity index is 1.80. The number of nitrogens with zero attached hydrogens (tertiary/aromatic N) is 4. The Kier molecular flexibility index (Phi) is 4.74. The van der Waals surface area contributed by atoms with E-state index in [1.165, 1.54) is 25.9 Å². The maximum atomic E-state index is 5.53. The molecule has 5 heteroatoms. The molecular formula is C13H25N5. The lowest BCUT2D eigenvalue weighted by molar-refractivity contribution is 0.139. The zero-order chi connectivity index (χ0) is 13.0. The number of piperidine rings is 1. The van der Waals surface area contributed by atoms with Crippen molar-refractivity contribution in [1.29, 1.82) is 0 Å². The van der Waals surface area contributed by atoms with E-state index in [0.717, 1.165) is 24.8 Å². The van der Waals surface area contributed by atoms with E-state index in [9.17, 15) is 0 Å². The zero-order valence-corrected chi connectivity index (χ0v) is 11.5. The fourth-order valence-electron chi connectivity index (χ4n) is 2.58. The van der Waals surface area contributed by atoms with Gasteiger partial charge in [-0.15, -0.1) is 0 Å². The summed E-state index contributed by atoms with van der Waals surface area (Å²) < 4.78 is 2.07. The SMILES string of the molecule is CN(C)C1CCN(Cc2cn(CCN)cn2)CC1. The summed E-state index contributed by atoms with van der Waals surface area (Å²) in [7, 11) is 4.35. The van der Waals surface area contributed by atoms with Crippen molar-refractivity contribution in [3.63, 3.8) is 0 Å². The summed E-state index contributed by atoms with van der Waals surface area (Å²) >= 11 is 0. The molecule has 5 nitrogen and oxygen atoms in total. The fourth-order valence-corrected chi connectivity index (χ4v) is 2.58. The maximum absolute atomic E-state index is 5.53. The van der Waals surface area contributed by atoms with E-state index in [1.54, 1.807) is 0 Å². The van der Waals surface area contributed by atoms with E-state index in [4.69, 9.17) is 5.73 Å². The van der Waals surface area contributed by atoms with Gasteiger partial charge in [-0.2, -0.15) is 0 Å². The number of hydrogen-bond acceptors (Lipinski definition) is 4. The monoisotopic (exact) mass is 251 g/mol. The van der Waals surface area contributed by atoms with Crippen LogP contribution in [-0.4, -0.2) is 59.1 Å². The first-order chi connectivity index (χ1) is 8.69. The summed E-state index contributed by atoms with van der Waals surface area (Å²) in [6, 6.07) is 0.746. The number of imidazole rings is 1. The number of nitrogens with two attached hydrogens (primary N) is 1. The summed E-state index contributed by atoms with van der Waals surface area (Å²) in [6.45, 7) is 4.84. The summed E-state index contributed by atoms with van der Waals surface area (Å²) in [6.07, 6.45) is 6.52. The zero-order valence-electron chi connectivity index (χ0n) is 11.5. The minimum absolute atomic E-state index is 0.671. The molecule has 1 saturated heterocycles. The standard InChI is InChI=1S/C13H25N5/c1-16(2)13-3-6-17(7-4-13)9-12-10-18(8-5-14)11-15-12/h10-11,13H,3-9,14H2,1-2H3. The van der Waals surface area contributed by atoms with Crippen LogP contribution in [0.4, 0.5) is 0 Å². The van der Waals surface area contributed by atoms with Crippen molar-refractivity contribution in [2.75, 3.05) is 33.7 Å². The van der Waals surface area contributed by atoms with E-state index < -0.39 is 0 Å². The lowest BCUT2D eigenvalue weighted by atomic mass is 10.0. The second kappa shape index (κ2) is 6.31. The number of aromatic nitrogens is 2. The van der Waals surface area contributed by atoms with Gasteiger partial charge in [-0.05, 0) is 26.9 Å². The van der Waals surface area contributed by atoms with Crippen molar-refractivity contribution >= 4 is 0 Å². The van der Waals surface area contributed by atoms with Crippen LogP contribution in [0.5, 0.6) is 0 Å². The second-order valence-electron chi connectivity index (χ2n) is 5.36. The smallest absolute Gasteiger partial charge is 0.0950 e. The lowest BCUT2D eigenvalue weighted by Crippen LogP contribution is -2.41. The summed E-state index contributed by atoms with van der Waals surface area (Å²) in [5.41, 5.74) is 6.69. The Morgan fingerprint density at radius 2 is 2.11 bits per heavy atom. The third kappa shape index (κ3) is 3.54. The minimum Gasteiger partial charge on any atom is -0.336 e. The van der Waals surface area contributed by atoms with Gasteiger partial charge in [0.25, 0.3) is 0 Å². The lowest BCUT2D eigenvalue weighted by Gasteiger charge is -2.34. The van der Waals surface area contributed by atoms with E-state index in [0.29, 0.717) is 6.54 Å². The molecule has 18 heavy (non-hydrogen) atoms. The summed E-state index contributed by atoms with van der Waals surface area (Å²) in [5, 5.41) is 0. The van der Waals surface area contributed by atoms with Crippen LogP contribution in [0.15, 0.2) is 12.5 Å². The van der Waals surface area contributed by atoms with Crippen LogP contribution in [0.25, 0.3) is 0 Å². The molecule has 102 valence electrons. The van der Waals surface area contributed by atoms with Gasteiger partial charge in [-0.25, -0.2) is 4.98 Å². The van der Waals surface area contributed by atoms with Gasteiger partial charge in [-0.3, -0.25) is 4.90 Å². The summed E-state index contributed by atoms with van der Waals surface area (Å²) in [5.74, 6) is 0. The predicted molar refractivity (Wildman–Crippen MR) is 73.3 cm³/mol. The largest absolute Gasteiger partial charge is 0.336 e. The molecule has 1 aliphatic heterocycles. The first-order valence-corrected chi connectivity index (χ1v) is 6.78. The highest BCUT2D eigenvalue weighted by atomic mass is 15.2. The first kappa shape index (κ1) is 13.5. The second-order valence-corrected chi connectivity index (χ2v) is 5.36. The van der Waals surface area contributed by atoms with E-state index in [1.807, 2.05) is 6.33 Å². The molecule has 1 aromatic rings. The molecular weight excluding hydrogens is 226 g/mol. The molecule has 1 fully saturated rings. The van der Waals surface area contributed by atoms with Crippen LogP contribution in [0.3, 0.4) is 0 Å². The average molecular weight is 251 g/mol. The van der Waals surface area contributed by atoms with Gasteiger partial charge in [0.1, 0.15) is 0 Å². The highest BCUT2D eigenvalue weighted by molar-refractivity contribution is 4.97. The van der Waals surface area contributed by atoms with Crippen molar-refractivity contribution in [2.45, 2.75) is 32.0 Å². The van der Waals surface area contributed by atoms with Gasteiger partial charge in [0, 0.05) is 45.0 Å². The Bertz CT molecular complexity index is 352. The van der Waals surface area contributed by atoms with Gasteiger partial charge < -0.3 is 15.2 Å². The summed E-state index contributed by atoms with van der Waals surface area (Å²) in [4.78, 5) is 9.27. The molecule has 0 unspecified atom stereocenters. The molecule has 1 aliphatic rings. The molecule has 1 aromatic heterocycles. The number of likely N-dealkylation sites (tertiary alicyclic amines) is 1. The van der Waals surface area contributed by atoms with Crippen molar-refractivity contribution < 1.29 is 0 Å². The molecule has 2 heterocycles. The van der Waals surface area contributed by atoms with Crippen LogP contribution in [0.1, 0.15) is 18.5 Å². The minimum atomic E-state index is 0.671. The van der Waals surface area contributed by atoms with Gasteiger partial charge in [0.2, 0.25) is 0 Å². The van der Waals surface area contributed by atoms with Crippen LogP contribution in [-0.2, 0) is 13.1 Å². The molecule has 0 aromatic carbocycles. The molecule has 2 N–H and O–H groups in total. The molecule has 0 spiro atoms. The normalized spacial score (nSPS) is 18.7. The molecule has 0 saturated carbocycles. The Labute approximate surface area is 110 Å². The van der Waals surface area contributed by atoms with Crippen LogP contribution >= 0.6 is 0 Å². The predicted octanol–water partition coefficient (Wildman–Crippen LogP) is 0.368. The molecule has 0 atom stereocenters. The number of hydrogen-bond donors (Lipinski definition) is 1. The third-order valence-electron chi connectivity index (χ3n) is 3.75. The fraction of sp³-hybridized carbons (Fsp3) is 0.769. The van der Waals surface area contributed by atoms with Crippen LogP contribution in [0, 0.1) is 0 Å². The Morgan fingerprint density at radius 1 is 1.39 bits per heavy atom. The van der Waals surface area contributed by atoms with Crippen LogP contribution in [0.2, 0.25) is 0 Å². The topological polar surface area (TPSA) is 50.3 Å².